The molecule has 2 aromatic rings. The number of anilines is 1. The number of benzene rings is 1. The van der Waals surface area contributed by atoms with E-state index in [1.807, 2.05) is 6.92 Å². The summed E-state index contributed by atoms with van der Waals surface area (Å²) >= 11 is 2.83. The van der Waals surface area contributed by atoms with Gasteiger partial charge in [0.15, 0.2) is 4.34 Å². The quantitative estimate of drug-likeness (QED) is 0.824. The molecule has 2 rings (SSSR count). The second kappa shape index (κ2) is 4.72. The first-order valence-corrected chi connectivity index (χ1v) is 6.37. The summed E-state index contributed by atoms with van der Waals surface area (Å²) in [6.45, 7) is 1.87. The third-order valence-electron chi connectivity index (χ3n) is 1.97. The third-order valence-corrected chi connectivity index (χ3v) is 3.94. The van der Waals surface area contributed by atoms with Crippen LogP contribution in [0.3, 0.4) is 0 Å². The van der Waals surface area contributed by atoms with Crippen LogP contribution in [0.15, 0.2) is 27.4 Å². The first-order valence-electron chi connectivity index (χ1n) is 4.73. The van der Waals surface area contributed by atoms with E-state index >= 15 is 0 Å². The van der Waals surface area contributed by atoms with E-state index in [-0.39, 0.29) is 0 Å². The number of nitrogen functional groups attached to an aromatic ring is 1. The van der Waals surface area contributed by atoms with Gasteiger partial charge in [-0.2, -0.15) is 0 Å². The first-order chi connectivity index (χ1) is 8.06. The highest BCUT2D eigenvalue weighted by atomic mass is 32.2. The summed E-state index contributed by atoms with van der Waals surface area (Å²) in [6.07, 6.45) is 0. The van der Waals surface area contributed by atoms with Crippen LogP contribution in [0, 0.1) is 6.92 Å². The van der Waals surface area contributed by atoms with Crippen molar-refractivity contribution in [3.05, 3.63) is 28.8 Å². The Labute approximate surface area is 106 Å². The minimum absolute atomic E-state index is 0.405. The minimum Gasteiger partial charge on any atom is -0.399 e. The molecule has 17 heavy (non-hydrogen) atoms. The fourth-order valence-electron chi connectivity index (χ4n) is 1.24. The highest BCUT2D eigenvalue weighted by Gasteiger charge is 2.12. The summed E-state index contributed by atoms with van der Waals surface area (Å²) in [5.41, 5.74) is 11.8. The molecule has 88 valence electrons. The van der Waals surface area contributed by atoms with Gasteiger partial charge in [0, 0.05) is 10.6 Å². The smallest absolute Gasteiger partial charge is 0.249 e. The lowest BCUT2D eigenvalue weighted by molar-refractivity contribution is 0.0997. The lowest BCUT2D eigenvalue weighted by atomic mass is 10.2. The topological polar surface area (TPSA) is 94.9 Å². The molecule has 0 atom stereocenters. The van der Waals surface area contributed by atoms with Gasteiger partial charge < -0.3 is 11.5 Å². The average Bonchev–Trinajstić information content (AvgIpc) is 2.66. The van der Waals surface area contributed by atoms with Crippen molar-refractivity contribution in [1.82, 2.24) is 10.2 Å². The van der Waals surface area contributed by atoms with Gasteiger partial charge in [0.05, 0.1) is 5.56 Å². The first kappa shape index (κ1) is 11.9. The lowest BCUT2D eigenvalue weighted by Gasteiger charge is -2.04. The third kappa shape index (κ3) is 2.75. The van der Waals surface area contributed by atoms with E-state index < -0.39 is 5.91 Å². The Balaban J connectivity index is 2.35. The number of rotatable bonds is 3. The van der Waals surface area contributed by atoms with Gasteiger partial charge in [-0.25, -0.2) is 0 Å². The highest BCUT2D eigenvalue weighted by molar-refractivity contribution is 8.01. The monoisotopic (exact) mass is 266 g/mol. The second-order valence-electron chi connectivity index (χ2n) is 3.31. The van der Waals surface area contributed by atoms with Crippen molar-refractivity contribution >= 4 is 34.7 Å². The number of carbonyl (C=O) groups excluding carboxylic acids is 1. The molecule has 1 aromatic carbocycles. The fourth-order valence-corrected chi connectivity index (χ4v) is 3.13. The molecule has 0 radical (unpaired) electrons. The molecule has 0 fully saturated rings. The van der Waals surface area contributed by atoms with Crippen LogP contribution in [0.25, 0.3) is 0 Å². The molecule has 0 saturated carbocycles. The number of hydrogen-bond acceptors (Lipinski definition) is 6. The Morgan fingerprint density at radius 1 is 1.41 bits per heavy atom. The van der Waals surface area contributed by atoms with E-state index in [2.05, 4.69) is 10.2 Å². The van der Waals surface area contributed by atoms with Crippen molar-refractivity contribution in [2.24, 2.45) is 5.73 Å². The van der Waals surface area contributed by atoms with E-state index in [1.165, 1.54) is 23.1 Å². The van der Waals surface area contributed by atoms with Crippen LogP contribution in [-0.4, -0.2) is 16.1 Å². The number of aryl methyl sites for hydroxylation is 1. The molecule has 4 N–H and O–H groups in total. The van der Waals surface area contributed by atoms with Gasteiger partial charge in [-0.1, -0.05) is 23.1 Å². The number of primary amides is 1. The summed E-state index contributed by atoms with van der Waals surface area (Å²) < 4.78 is 0.773. The Kier molecular flexibility index (Phi) is 3.30. The van der Waals surface area contributed by atoms with Gasteiger partial charge >= 0.3 is 0 Å². The molecule has 0 unspecified atom stereocenters. The van der Waals surface area contributed by atoms with Gasteiger partial charge in [-0.05, 0) is 25.1 Å². The highest BCUT2D eigenvalue weighted by Crippen LogP contribution is 2.33. The number of amides is 1. The van der Waals surface area contributed by atoms with Crippen LogP contribution >= 0.6 is 23.1 Å². The van der Waals surface area contributed by atoms with Crippen LogP contribution in [0.4, 0.5) is 5.69 Å². The van der Waals surface area contributed by atoms with Crippen molar-refractivity contribution in [3.8, 4) is 0 Å². The van der Waals surface area contributed by atoms with Gasteiger partial charge in [0.2, 0.25) is 5.91 Å². The van der Waals surface area contributed by atoms with Gasteiger partial charge in [-0.15, -0.1) is 10.2 Å². The Morgan fingerprint density at radius 2 is 2.18 bits per heavy atom. The van der Waals surface area contributed by atoms with E-state index in [0.29, 0.717) is 11.3 Å². The minimum atomic E-state index is -0.499. The predicted molar refractivity (Wildman–Crippen MR) is 68.1 cm³/mol. The SMILES string of the molecule is Cc1nnc(Sc2ccc(N)cc2C(N)=O)s1. The predicted octanol–water partition coefficient (Wildman–Crippen LogP) is 1.68. The maximum Gasteiger partial charge on any atom is 0.249 e. The van der Waals surface area contributed by atoms with Crippen LogP contribution < -0.4 is 11.5 Å². The van der Waals surface area contributed by atoms with Gasteiger partial charge in [-0.3, -0.25) is 4.79 Å². The van der Waals surface area contributed by atoms with Crippen molar-refractivity contribution in [1.29, 1.82) is 0 Å². The van der Waals surface area contributed by atoms with Gasteiger partial charge in [0.25, 0.3) is 0 Å². The summed E-state index contributed by atoms with van der Waals surface area (Å²) in [4.78, 5) is 12.0. The number of nitrogens with two attached hydrogens (primary N) is 2. The zero-order chi connectivity index (χ0) is 12.4. The summed E-state index contributed by atoms with van der Waals surface area (Å²) in [5.74, 6) is -0.499. The molecule has 0 bridgehead atoms. The molecular formula is C10H10N4OS2. The van der Waals surface area contributed by atoms with Crippen molar-refractivity contribution in [2.75, 3.05) is 5.73 Å². The maximum absolute atomic E-state index is 11.3. The number of nitrogens with zero attached hydrogens (tertiary/aromatic N) is 2. The Morgan fingerprint density at radius 3 is 2.76 bits per heavy atom. The van der Waals surface area contributed by atoms with E-state index in [0.717, 1.165) is 14.2 Å². The number of aromatic nitrogens is 2. The molecule has 0 aliphatic rings. The Bertz CT molecular complexity index is 567. The van der Waals surface area contributed by atoms with Crippen LogP contribution in [0.1, 0.15) is 15.4 Å². The van der Waals surface area contributed by atoms with Crippen molar-refractivity contribution in [3.63, 3.8) is 0 Å². The Hall–Kier alpha value is -1.60. The molecule has 1 heterocycles. The van der Waals surface area contributed by atoms with E-state index in [1.54, 1.807) is 18.2 Å². The lowest BCUT2D eigenvalue weighted by Crippen LogP contribution is -2.12. The van der Waals surface area contributed by atoms with Crippen LogP contribution in [0.2, 0.25) is 0 Å². The molecule has 0 aliphatic carbocycles. The molecule has 0 saturated heterocycles. The molecule has 5 nitrogen and oxygen atoms in total. The summed E-state index contributed by atoms with van der Waals surface area (Å²) in [6, 6.07) is 5.05. The van der Waals surface area contributed by atoms with Crippen LogP contribution in [-0.2, 0) is 0 Å². The molecule has 1 aromatic heterocycles. The zero-order valence-electron chi connectivity index (χ0n) is 9.01. The van der Waals surface area contributed by atoms with E-state index in [9.17, 15) is 4.79 Å². The summed E-state index contributed by atoms with van der Waals surface area (Å²) in [5, 5.41) is 8.77. The molecule has 1 amide bonds. The normalized spacial score (nSPS) is 10.4. The maximum atomic E-state index is 11.3. The van der Waals surface area contributed by atoms with E-state index in [4.69, 9.17) is 11.5 Å². The number of carbonyl (C=O) groups is 1. The standard InChI is InChI=1S/C10H10N4OS2/c1-5-13-14-10(16-5)17-8-3-2-6(11)4-7(8)9(12)15/h2-4H,11H2,1H3,(H2,12,15). The molecular weight excluding hydrogens is 256 g/mol. The number of hydrogen-bond donors (Lipinski definition) is 2. The van der Waals surface area contributed by atoms with Crippen LogP contribution in [0.5, 0.6) is 0 Å². The molecule has 0 aliphatic heterocycles. The van der Waals surface area contributed by atoms with Gasteiger partial charge in [0.1, 0.15) is 5.01 Å². The largest absolute Gasteiger partial charge is 0.399 e. The zero-order valence-corrected chi connectivity index (χ0v) is 10.6. The molecule has 7 heteroatoms. The molecule has 0 spiro atoms. The van der Waals surface area contributed by atoms with Crippen molar-refractivity contribution in [2.45, 2.75) is 16.2 Å². The second-order valence-corrected chi connectivity index (χ2v) is 5.78. The summed E-state index contributed by atoms with van der Waals surface area (Å²) in [7, 11) is 0. The average molecular weight is 266 g/mol. The van der Waals surface area contributed by atoms with Crippen molar-refractivity contribution < 1.29 is 4.79 Å². The fraction of sp³-hybridized carbons (Fsp3) is 0.100.